The number of ether oxygens (including phenoxy) is 1. The van der Waals surface area contributed by atoms with Crippen LogP contribution in [0.4, 0.5) is 10.1 Å². The molecule has 0 aliphatic rings. The number of benzene rings is 2. The van der Waals surface area contributed by atoms with E-state index in [0.29, 0.717) is 5.56 Å². The molecule has 3 rings (SSSR count). The number of amides is 1. The zero-order valence-electron chi connectivity index (χ0n) is 15.0. The number of carbonyl (C=O) groups is 2. The molecular formula is C20H16ClFN2O4. The van der Waals surface area contributed by atoms with Crippen LogP contribution in [-0.4, -0.2) is 23.0 Å². The Morgan fingerprint density at radius 1 is 1.21 bits per heavy atom. The minimum atomic E-state index is -1.18. The van der Waals surface area contributed by atoms with Gasteiger partial charge < -0.3 is 14.5 Å². The van der Waals surface area contributed by atoms with Crippen molar-refractivity contribution >= 4 is 29.2 Å². The molecule has 1 aromatic heterocycles. The van der Waals surface area contributed by atoms with Crippen LogP contribution >= 0.6 is 11.6 Å². The van der Waals surface area contributed by atoms with Crippen LogP contribution in [0.5, 0.6) is 0 Å². The van der Waals surface area contributed by atoms with Crippen LogP contribution in [0.15, 0.2) is 52.9 Å². The fourth-order valence-corrected chi connectivity index (χ4v) is 2.54. The molecule has 2 aromatic carbocycles. The average molecular weight is 403 g/mol. The van der Waals surface area contributed by atoms with Crippen molar-refractivity contribution in [2.45, 2.75) is 20.0 Å². The van der Waals surface area contributed by atoms with Crippen LogP contribution < -0.4 is 5.32 Å². The van der Waals surface area contributed by atoms with Gasteiger partial charge in [-0.2, -0.15) is 0 Å². The number of rotatable bonds is 5. The molecule has 1 N–H and O–H groups in total. The molecule has 8 heteroatoms. The molecule has 0 fully saturated rings. The number of nitrogens with zero attached hydrogens (tertiary/aromatic N) is 1. The van der Waals surface area contributed by atoms with Crippen molar-refractivity contribution in [1.82, 2.24) is 4.98 Å². The van der Waals surface area contributed by atoms with Crippen molar-refractivity contribution in [2.24, 2.45) is 0 Å². The molecular weight excluding hydrogens is 387 g/mol. The standard InChI is InChI=1S/C20H16ClFN2O4/c1-11-17(24-19(27-11)13-6-4-3-5-7-13)20(26)28-12(2)18(25)23-16-9-8-14(21)10-15(16)22/h3-10,12H,1-2H3,(H,23,25)/t12-/m0/s1. The molecule has 28 heavy (non-hydrogen) atoms. The molecule has 0 unspecified atom stereocenters. The third-order valence-electron chi connectivity index (χ3n) is 3.85. The Balaban J connectivity index is 1.68. The summed E-state index contributed by atoms with van der Waals surface area (Å²) in [6.07, 6.45) is -1.18. The quantitative estimate of drug-likeness (QED) is 0.629. The lowest BCUT2D eigenvalue weighted by atomic mass is 10.2. The van der Waals surface area contributed by atoms with Gasteiger partial charge in [0.2, 0.25) is 5.89 Å². The second-order valence-corrected chi connectivity index (χ2v) is 6.39. The smallest absolute Gasteiger partial charge is 0.361 e. The average Bonchev–Trinajstić information content (AvgIpc) is 3.06. The van der Waals surface area contributed by atoms with Crippen molar-refractivity contribution in [1.29, 1.82) is 0 Å². The highest BCUT2D eigenvalue weighted by Gasteiger charge is 2.25. The lowest BCUT2D eigenvalue weighted by Crippen LogP contribution is -2.30. The van der Waals surface area contributed by atoms with Gasteiger partial charge in [-0.05, 0) is 44.2 Å². The van der Waals surface area contributed by atoms with Gasteiger partial charge >= 0.3 is 5.97 Å². The lowest BCUT2D eigenvalue weighted by Gasteiger charge is -2.13. The van der Waals surface area contributed by atoms with Crippen molar-refractivity contribution in [3.63, 3.8) is 0 Å². The van der Waals surface area contributed by atoms with Crippen molar-refractivity contribution in [2.75, 3.05) is 5.32 Å². The number of carbonyl (C=O) groups excluding carboxylic acids is 2. The maximum atomic E-state index is 13.8. The van der Waals surface area contributed by atoms with Crippen molar-refractivity contribution < 1.29 is 23.1 Å². The molecule has 0 bridgehead atoms. The first kappa shape index (κ1) is 19.6. The molecule has 1 amide bonds. The summed E-state index contributed by atoms with van der Waals surface area (Å²) >= 11 is 5.68. The Morgan fingerprint density at radius 3 is 2.61 bits per heavy atom. The minimum Gasteiger partial charge on any atom is -0.448 e. The topological polar surface area (TPSA) is 81.4 Å². The number of nitrogens with one attached hydrogen (secondary N) is 1. The van der Waals surface area contributed by atoms with Gasteiger partial charge in [-0.15, -0.1) is 0 Å². The first-order valence-electron chi connectivity index (χ1n) is 8.35. The van der Waals surface area contributed by atoms with Gasteiger partial charge in [0.25, 0.3) is 5.91 Å². The summed E-state index contributed by atoms with van der Waals surface area (Å²) < 4.78 is 24.4. The van der Waals surface area contributed by atoms with E-state index < -0.39 is 23.8 Å². The predicted octanol–water partition coefficient (Wildman–Crippen LogP) is 4.63. The number of hydrogen-bond acceptors (Lipinski definition) is 5. The highest BCUT2D eigenvalue weighted by Crippen LogP contribution is 2.23. The summed E-state index contributed by atoms with van der Waals surface area (Å²) in [7, 11) is 0. The van der Waals surface area contributed by atoms with E-state index in [9.17, 15) is 14.0 Å². The molecule has 144 valence electrons. The highest BCUT2D eigenvalue weighted by atomic mass is 35.5. The Hall–Kier alpha value is -3.19. The monoisotopic (exact) mass is 402 g/mol. The van der Waals surface area contributed by atoms with E-state index in [1.807, 2.05) is 18.2 Å². The Bertz CT molecular complexity index is 1020. The number of aromatic nitrogens is 1. The fraction of sp³-hybridized carbons (Fsp3) is 0.150. The number of aryl methyl sites for hydroxylation is 1. The Labute approximate surface area is 165 Å². The summed E-state index contributed by atoms with van der Waals surface area (Å²) in [5.74, 6) is -1.67. The molecule has 0 aliphatic carbocycles. The maximum Gasteiger partial charge on any atom is 0.361 e. The number of oxazole rings is 1. The molecule has 0 aliphatic heterocycles. The first-order valence-corrected chi connectivity index (χ1v) is 8.72. The number of anilines is 1. The van der Waals surface area contributed by atoms with Crippen LogP contribution in [0.2, 0.25) is 5.02 Å². The molecule has 6 nitrogen and oxygen atoms in total. The van der Waals surface area contributed by atoms with E-state index in [0.717, 1.165) is 6.07 Å². The molecule has 0 radical (unpaired) electrons. The van der Waals surface area contributed by atoms with Crippen LogP contribution in [0.3, 0.4) is 0 Å². The van der Waals surface area contributed by atoms with Crippen molar-refractivity contribution in [3.05, 3.63) is 70.8 Å². The van der Waals surface area contributed by atoms with E-state index >= 15 is 0 Å². The van der Waals surface area contributed by atoms with Crippen LogP contribution in [0, 0.1) is 12.7 Å². The predicted molar refractivity (Wildman–Crippen MR) is 102 cm³/mol. The molecule has 1 atom stereocenters. The summed E-state index contributed by atoms with van der Waals surface area (Å²) in [6.45, 7) is 2.94. The first-order chi connectivity index (χ1) is 13.3. The van der Waals surface area contributed by atoms with Gasteiger partial charge in [0.15, 0.2) is 11.8 Å². The molecule has 0 saturated carbocycles. The van der Waals surface area contributed by atoms with Crippen LogP contribution in [0.25, 0.3) is 11.5 Å². The van der Waals surface area contributed by atoms with Crippen LogP contribution in [0.1, 0.15) is 23.2 Å². The fourth-order valence-electron chi connectivity index (χ4n) is 2.39. The summed E-state index contributed by atoms with van der Waals surface area (Å²) in [5.41, 5.74) is 0.603. The maximum absolute atomic E-state index is 13.8. The van der Waals surface area contributed by atoms with E-state index in [1.54, 1.807) is 19.1 Å². The molecule has 0 saturated heterocycles. The van der Waals surface area contributed by atoms with E-state index in [4.69, 9.17) is 20.8 Å². The van der Waals surface area contributed by atoms with Gasteiger partial charge in [-0.1, -0.05) is 29.8 Å². The SMILES string of the molecule is Cc1oc(-c2ccccc2)nc1C(=O)O[C@@H](C)C(=O)Nc1ccc(Cl)cc1F. The highest BCUT2D eigenvalue weighted by molar-refractivity contribution is 6.30. The Kier molecular flexibility index (Phi) is 5.75. The van der Waals surface area contributed by atoms with Gasteiger partial charge in [-0.3, -0.25) is 4.79 Å². The van der Waals surface area contributed by atoms with Crippen molar-refractivity contribution in [3.8, 4) is 11.5 Å². The number of esters is 1. The van der Waals surface area contributed by atoms with Gasteiger partial charge in [0, 0.05) is 10.6 Å². The van der Waals surface area contributed by atoms with E-state index in [1.165, 1.54) is 19.1 Å². The summed E-state index contributed by atoms with van der Waals surface area (Å²) in [4.78, 5) is 28.7. The second-order valence-electron chi connectivity index (χ2n) is 5.95. The third kappa shape index (κ3) is 4.37. The van der Waals surface area contributed by atoms with Crippen LogP contribution in [-0.2, 0) is 9.53 Å². The number of halogens is 2. The normalized spacial score (nSPS) is 11.7. The largest absolute Gasteiger partial charge is 0.448 e. The third-order valence-corrected chi connectivity index (χ3v) is 4.09. The van der Waals surface area contributed by atoms with Gasteiger partial charge in [0.1, 0.15) is 11.6 Å². The van der Waals surface area contributed by atoms with Gasteiger partial charge in [0.05, 0.1) is 5.69 Å². The Morgan fingerprint density at radius 2 is 1.93 bits per heavy atom. The number of hydrogen-bond donors (Lipinski definition) is 1. The zero-order chi connectivity index (χ0) is 20.3. The molecule has 3 aromatic rings. The summed E-state index contributed by atoms with van der Waals surface area (Å²) in [6, 6.07) is 12.9. The van der Waals surface area contributed by atoms with E-state index in [2.05, 4.69) is 10.3 Å². The lowest BCUT2D eigenvalue weighted by molar-refractivity contribution is -0.123. The molecule has 1 heterocycles. The van der Waals surface area contributed by atoms with E-state index in [-0.39, 0.29) is 28.1 Å². The second kappa shape index (κ2) is 8.22. The summed E-state index contributed by atoms with van der Waals surface area (Å²) in [5, 5.41) is 2.55. The van der Waals surface area contributed by atoms with Gasteiger partial charge in [-0.25, -0.2) is 14.2 Å². The molecule has 0 spiro atoms. The zero-order valence-corrected chi connectivity index (χ0v) is 15.8. The minimum absolute atomic E-state index is 0.0313.